The van der Waals surface area contributed by atoms with Gasteiger partial charge in [-0.1, -0.05) is 35.7 Å². The Bertz CT molecular complexity index is 1290. The predicted molar refractivity (Wildman–Crippen MR) is 116 cm³/mol. The van der Waals surface area contributed by atoms with Crippen molar-refractivity contribution in [2.45, 2.75) is 45.2 Å². The van der Waals surface area contributed by atoms with Crippen LogP contribution in [-0.4, -0.2) is 25.6 Å². The molecule has 0 radical (unpaired) electrons. The summed E-state index contributed by atoms with van der Waals surface area (Å²) in [5.74, 6) is 0.524. The summed E-state index contributed by atoms with van der Waals surface area (Å²) in [5, 5.41) is 6.81. The van der Waals surface area contributed by atoms with Gasteiger partial charge in [-0.05, 0) is 50.1 Å². The fourth-order valence-electron chi connectivity index (χ4n) is 4.20. The van der Waals surface area contributed by atoms with E-state index in [0.29, 0.717) is 17.3 Å². The second-order valence-electron chi connectivity index (χ2n) is 8.03. The highest BCUT2D eigenvalue weighted by atomic mass is 16.5. The molecule has 2 aromatic carbocycles. The van der Waals surface area contributed by atoms with E-state index in [9.17, 15) is 9.59 Å². The summed E-state index contributed by atoms with van der Waals surface area (Å²) >= 11 is 0. The number of aromatic amines is 1. The fraction of sp³-hybridized carbons (Fsp3) is 0.304. The number of fused-ring (bicyclic) bond motifs is 1. The summed E-state index contributed by atoms with van der Waals surface area (Å²) in [7, 11) is 0. The van der Waals surface area contributed by atoms with Crippen LogP contribution in [0.5, 0.6) is 0 Å². The van der Waals surface area contributed by atoms with Gasteiger partial charge in [0.1, 0.15) is 0 Å². The second-order valence-corrected chi connectivity index (χ2v) is 8.03. The van der Waals surface area contributed by atoms with Crippen molar-refractivity contribution in [2.75, 3.05) is 0 Å². The fourth-order valence-corrected chi connectivity index (χ4v) is 4.20. The van der Waals surface area contributed by atoms with Gasteiger partial charge in [-0.15, -0.1) is 0 Å². The Balaban J connectivity index is 1.32. The summed E-state index contributed by atoms with van der Waals surface area (Å²) in [6.45, 7) is 2.11. The van der Waals surface area contributed by atoms with Crippen LogP contribution in [0.1, 0.15) is 53.5 Å². The number of aromatic nitrogens is 4. The molecule has 8 nitrogen and oxygen atoms in total. The Morgan fingerprint density at radius 1 is 1.19 bits per heavy atom. The maximum absolute atomic E-state index is 12.5. The Kier molecular flexibility index (Phi) is 4.89. The lowest BCUT2D eigenvalue weighted by molar-refractivity contribution is 0.0946. The molecule has 2 aromatic heterocycles. The molecule has 0 spiro atoms. The van der Waals surface area contributed by atoms with Crippen molar-refractivity contribution in [1.29, 1.82) is 0 Å². The van der Waals surface area contributed by atoms with Crippen molar-refractivity contribution in [2.24, 2.45) is 0 Å². The van der Waals surface area contributed by atoms with Crippen LogP contribution in [0.2, 0.25) is 0 Å². The van der Waals surface area contributed by atoms with Gasteiger partial charge in [0.2, 0.25) is 11.7 Å². The summed E-state index contributed by atoms with van der Waals surface area (Å²) in [6.07, 6.45) is 4.40. The number of carbonyl (C=O) groups is 1. The Morgan fingerprint density at radius 2 is 1.97 bits per heavy atom. The summed E-state index contributed by atoms with van der Waals surface area (Å²) in [4.78, 5) is 32.1. The molecule has 0 aliphatic heterocycles. The molecule has 2 N–H and O–H groups in total. The molecule has 1 amide bonds. The van der Waals surface area contributed by atoms with Crippen molar-refractivity contribution in [1.82, 2.24) is 25.0 Å². The quantitative estimate of drug-likeness (QED) is 0.515. The van der Waals surface area contributed by atoms with Crippen molar-refractivity contribution >= 4 is 16.9 Å². The molecule has 1 saturated carbocycles. The lowest BCUT2D eigenvalue weighted by Gasteiger charge is -2.11. The number of carbonyl (C=O) groups excluding carboxylic acids is 1. The first-order chi connectivity index (χ1) is 15.1. The molecule has 2 heterocycles. The molecule has 1 aliphatic rings. The average molecular weight is 417 g/mol. The highest BCUT2D eigenvalue weighted by molar-refractivity contribution is 5.94. The number of hydrogen-bond acceptors (Lipinski definition) is 5. The molecule has 1 fully saturated rings. The molecule has 0 saturated heterocycles. The van der Waals surface area contributed by atoms with E-state index in [0.717, 1.165) is 47.8 Å². The predicted octanol–water partition coefficient (Wildman–Crippen LogP) is 3.73. The maximum atomic E-state index is 12.5. The van der Waals surface area contributed by atoms with E-state index >= 15 is 0 Å². The summed E-state index contributed by atoms with van der Waals surface area (Å²) in [6, 6.07) is 13.3. The molecule has 1 aliphatic carbocycles. The van der Waals surface area contributed by atoms with E-state index in [1.165, 1.54) is 0 Å². The molecule has 31 heavy (non-hydrogen) atoms. The lowest BCUT2D eigenvalue weighted by Crippen LogP contribution is -2.22. The summed E-state index contributed by atoms with van der Waals surface area (Å²) < 4.78 is 7.16. The van der Waals surface area contributed by atoms with Crippen LogP contribution < -0.4 is 11.0 Å². The normalized spacial score (nSPS) is 14.4. The third-order valence-electron chi connectivity index (χ3n) is 5.85. The van der Waals surface area contributed by atoms with Gasteiger partial charge in [-0.2, -0.15) is 4.98 Å². The van der Waals surface area contributed by atoms with Crippen LogP contribution in [-0.2, 0) is 6.54 Å². The summed E-state index contributed by atoms with van der Waals surface area (Å²) in [5.41, 5.74) is 3.99. The molecule has 158 valence electrons. The highest BCUT2D eigenvalue weighted by Gasteiger charge is 2.21. The van der Waals surface area contributed by atoms with Gasteiger partial charge in [0, 0.05) is 17.2 Å². The van der Waals surface area contributed by atoms with Crippen molar-refractivity contribution in [3.63, 3.8) is 0 Å². The number of nitrogens with zero attached hydrogens (tertiary/aromatic N) is 3. The largest absolute Gasteiger partial charge is 0.343 e. The molecule has 5 rings (SSSR count). The molecule has 4 aromatic rings. The number of amides is 1. The molecule has 0 unspecified atom stereocenters. The molecular formula is C23H23N5O3. The van der Waals surface area contributed by atoms with Crippen LogP contribution in [0.4, 0.5) is 0 Å². The standard InChI is InChI=1S/C23H23N5O3/c1-14-6-8-15(9-7-14)22(29)24-13-20-26-21(27-31-20)16-10-11-19-18(12-16)25-23(30)28(19)17-4-2-3-5-17/h6-12,17H,2-5,13H2,1H3,(H,24,29)(H,25,30). The Labute approximate surface area is 178 Å². The van der Waals surface area contributed by atoms with Gasteiger partial charge in [-0.3, -0.25) is 9.36 Å². The number of imidazole rings is 1. The van der Waals surface area contributed by atoms with E-state index in [4.69, 9.17) is 4.52 Å². The zero-order valence-corrected chi connectivity index (χ0v) is 17.2. The van der Waals surface area contributed by atoms with Crippen LogP contribution in [0, 0.1) is 6.92 Å². The topological polar surface area (TPSA) is 106 Å². The van der Waals surface area contributed by atoms with Gasteiger partial charge in [-0.25, -0.2) is 4.79 Å². The van der Waals surface area contributed by atoms with Crippen LogP contribution in [0.15, 0.2) is 51.8 Å². The third-order valence-corrected chi connectivity index (χ3v) is 5.85. The monoisotopic (exact) mass is 417 g/mol. The second kappa shape index (κ2) is 7.86. The SMILES string of the molecule is Cc1ccc(C(=O)NCc2nc(-c3ccc4c(c3)[nH]c(=O)n4C3CCCC3)no2)cc1. The number of nitrogens with one attached hydrogen (secondary N) is 2. The first kappa shape index (κ1) is 19.3. The zero-order valence-electron chi connectivity index (χ0n) is 17.2. The lowest BCUT2D eigenvalue weighted by atomic mass is 10.1. The minimum Gasteiger partial charge on any atom is -0.343 e. The zero-order chi connectivity index (χ0) is 21.4. The van der Waals surface area contributed by atoms with Crippen molar-refractivity contribution in [3.8, 4) is 11.4 Å². The molecule has 8 heteroatoms. The Morgan fingerprint density at radius 3 is 2.74 bits per heavy atom. The van der Waals surface area contributed by atoms with Crippen LogP contribution in [0.3, 0.4) is 0 Å². The number of hydrogen-bond donors (Lipinski definition) is 2. The first-order valence-corrected chi connectivity index (χ1v) is 10.5. The first-order valence-electron chi connectivity index (χ1n) is 10.5. The minimum atomic E-state index is -0.202. The van der Waals surface area contributed by atoms with E-state index in [1.54, 1.807) is 12.1 Å². The van der Waals surface area contributed by atoms with Gasteiger partial charge in [0.25, 0.3) is 5.91 Å². The maximum Gasteiger partial charge on any atom is 0.326 e. The van der Waals surface area contributed by atoms with Crippen molar-refractivity contribution < 1.29 is 9.32 Å². The smallest absolute Gasteiger partial charge is 0.326 e. The van der Waals surface area contributed by atoms with Gasteiger partial charge in [0.15, 0.2) is 0 Å². The number of rotatable bonds is 5. The van der Waals surface area contributed by atoms with E-state index in [1.807, 2.05) is 41.8 Å². The van der Waals surface area contributed by atoms with E-state index in [2.05, 4.69) is 20.4 Å². The third kappa shape index (κ3) is 3.76. The van der Waals surface area contributed by atoms with Crippen LogP contribution >= 0.6 is 0 Å². The van der Waals surface area contributed by atoms with Crippen LogP contribution in [0.25, 0.3) is 22.4 Å². The number of H-pyrrole nitrogens is 1. The van der Waals surface area contributed by atoms with E-state index in [-0.39, 0.29) is 24.2 Å². The molecular weight excluding hydrogens is 394 g/mol. The van der Waals surface area contributed by atoms with Gasteiger partial charge in [0.05, 0.1) is 17.6 Å². The average Bonchev–Trinajstić information content (AvgIpc) is 3.51. The highest BCUT2D eigenvalue weighted by Crippen LogP contribution is 2.31. The molecule has 0 atom stereocenters. The minimum absolute atomic E-state index is 0.0772. The van der Waals surface area contributed by atoms with Gasteiger partial charge >= 0.3 is 5.69 Å². The number of aryl methyl sites for hydroxylation is 1. The number of benzene rings is 2. The van der Waals surface area contributed by atoms with Gasteiger partial charge < -0.3 is 14.8 Å². The Hall–Kier alpha value is -3.68. The molecule has 0 bridgehead atoms. The van der Waals surface area contributed by atoms with Crippen molar-refractivity contribution in [3.05, 3.63) is 70.0 Å². The van der Waals surface area contributed by atoms with E-state index < -0.39 is 0 Å².